The predicted molar refractivity (Wildman–Crippen MR) is 63.9 cm³/mol. The van der Waals surface area contributed by atoms with Crippen molar-refractivity contribution < 1.29 is 0 Å². The summed E-state index contributed by atoms with van der Waals surface area (Å²) in [4.78, 5) is 0. The number of rotatable bonds is 1. The second-order valence-electron chi connectivity index (χ2n) is 5.32. The molecule has 3 rings (SSSR count). The summed E-state index contributed by atoms with van der Waals surface area (Å²) in [5, 5.41) is 0. The van der Waals surface area contributed by atoms with Crippen molar-refractivity contribution >= 4 is 0 Å². The van der Waals surface area contributed by atoms with Crippen LogP contribution >= 0.6 is 0 Å². The van der Waals surface area contributed by atoms with Crippen LogP contribution in [0.15, 0.2) is 24.3 Å². The van der Waals surface area contributed by atoms with Gasteiger partial charge in [0.2, 0.25) is 0 Å². The molecule has 80 valence electrons. The fraction of sp³-hybridized carbons (Fsp3) is 0.600. The first-order valence-electron chi connectivity index (χ1n) is 6.50. The Hall–Kier alpha value is -0.780. The number of hydrogen-bond acceptors (Lipinski definition) is 0. The Morgan fingerprint density at radius 1 is 0.800 bits per heavy atom. The Bertz CT molecular complexity index is 334. The van der Waals surface area contributed by atoms with Gasteiger partial charge in [-0.3, -0.25) is 0 Å². The lowest BCUT2D eigenvalue weighted by atomic mass is 9.76. The largest absolute Gasteiger partial charge is 0.0620 e. The van der Waals surface area contributed by atoms with E-state index in [0.29, 0.717) is 0 Å². The molecule has 0 aliphatic heterocycles. The van der Waals surface area contributed by atoms with E-state index in [-0.39, 0.29) is 0 Å². The Kier molecular flexibility index (Phi) is 2.52. The van der Waals surface area contributed by atoms with Gasteiger partial charge in [0, 0.05) is 0 Å². The number of aryl methyl sites for hydroxylation is 1. The Balaban J connectivity index is 1.76. The molecule has 0 radical (unpaired) electrons. The molecule has 2 aliphatic rings. The molecule has 1 fully saturated rings. The zero-order chi connectivity index (χ0) is 10.1. The third-order valence-corrected chi connectivity index (χ3v) is 4.45. The molecule has 0 nitrogen and oxygen atoms in total. The van der Waals surface area contributed by atoms with E-state index in [1.165, 1.54) is 44.9 Å². The molecule has 0 amide bonds. The van der Waals surface area contributed by atoms with Crippen LogP contribution in [0, 0.1) is 11.8 Å². The summed E-state index contributed by atoms with van der Waals surface area (Å²) >= 11 is 0. The fourth-order valence-electron chi connectivity index (χ4n) is 3.56. The van der Waals surface area contributed by atoms with Gasteiger partial charge in [-0.15, -0.1) is 0 Å². The highest BCUT2D eigenvalue weighted by atomic mass is 14.3. The van der Waals surface area contributed by atoms with E-state index < -0.39 is 0 Å². The van der Waals surface area contributed by atoms with E-state index >= 15 is 0 Å². The number of benzene rings is 1. The highest BCUT2D eigenvalue weighted by molar-refractivity contribution is 5.29. The standard InChI is InChI=1S/C15H20/c1-2-6-12(5-1)15-10-9-13-7-3-4-8-14(13)11-15/h3-4,7-8,12,15H,1-2,5-6,9-11H2. The second kappa shape index (κ2) is 4.00. The number of hydrogen-bond donors (Lipinski definition) is 0. The minimum Gasteiger partial charge on any atom is -0.0620 e. The van der Waals surface area contributed by atoms with Gasteiger partial charge in [0.1, 0.15) is 0 Å². The summed E-state index contributed by atoms with van der Waals surface area (Å²) in [5.74, 6) is 2.06. The van der Waals surface area contributed by atoms with Gasteiger partial charge in [-0.1, -0.05) is 49.9 Å². The molecule has 0 N–H and O–H groups in total. The highest BCUT2D eigenvalue weighted by Gasteiger charge is 2.27. The monoisotopic (exact) mass is 200 g/mol. The van der Waals surface area contributed by atoms with Crippen molar-refractivity contribution in [1.29, 1.82) is 0 Å². The van der Waals surface area contributed by atoms with Crippen molar-refractivity contribution in [2.45, 2.75) is 44.9 Å². The molecular weight excluding hydrogens is 180 g/mol. The minimum absolute atomic E-state index is 1.00. The summed E-state index contributed by atoms with van der Waals surface area (Å²) in [6.07, 6.45) is 10.1. The Labute approximate surface area is 92.7 Å². The second-order valence-corrected chi connectivity index (χ2v) is 5.32. The zero-order valence-electron chi connectivity index (χ0n) is 9.41. The maximum absolute atomic E-state index is 2.34. The lowest BCUT2D eigenvalue weighted by Crippen LogP contribution is -2.20. The van der Waals surface area contributed by atoms with Crippen molar-refractivity contribution in [3.8, 4) is 0 Å². The van der Waals surface area contributed by atoms with E-state index in [4.69, 9.17) is 0 Å². The van der Waals surface area contributed by atoms with E-state index in [2.05, 4.69) is 24.3 Å². The molecule has 15 heavy (non-hydrogen) atoms. The molecule has 1 unspecified atom stereocenters. The topological polar surface area (TPSA) is 0 Å². The minimum atomic E-state index is 1.00. The smallest absolute Gasteiger partial charge is 0.0245 e. The first-order valence-corrected chi connectivity index (χ1v) is 6.50. The first kappa shape index (κ1) is 9.45. The summed E-state index contributed by atoms with van der Waals surface area (Å²) in [6.45, 7) is 0. The molecule has 2 aliphatic carbocycles. The van der Waals surface area contributed by atoms with Crippen LogP contribution in [-0.4, -0.2) is 0 Å². The third-order valence-electron chi connectivity index (χ3n) is 4.45. The molecular formula is C15H20. The van der Waals surface area contributed by atoms with Gasteiger partial charge in [0.05, 0.1) is 0 Å². The number of fused-ring (bicyclic) bond motifs is 1. The molecule has 0 aromatic heterocycles. The van der Waals surface area contributed by atoms with Gasteiger partial charge >= 0.3 is 0 Å². The molecule has 0 spiro atoms. The van der Waals surface area contributed by atoms with Gasteiger partial charge in [0.25, 0.3) is 0 Å². The quantitative estimate of drug-likeness (QED) is 0.643. The van der Waals surface area contributed by atoms with Gasteiger partial charge in [-0.25, -0.2) is 0 Å². The van der Waals surface area contributed by atoms with Crippen LogP contribution in [0.2, 0.25) is 0 Å². The predicted octanol–water partition coefficient (Wildman–Crippen LogP) is 3.98. The highest BCUT2D eigenvalue weighted by Crippen LogP contribution is 2.38. The first-order chi connectivity index (χ1) is 7.43. The molecule has 0 heterocycles. The third kappa shape index (κ3) is 1.82. The van der Waals surface area contributed by atoms with Crippen molar-refractivity contribution in [3.63, 3.8) is 0 Å². The lowest BCUT2D eigenvalue weighted by Gasteiger charge is -2.29. The molecule has 0 heteroatoms. The molecule has 1 saturated carbocycles. The molecule has 0 bridgehead atoms. The zero-order valence-corrected chi connectivity index (χ0v) is 9.41. The van der Waals surface area contributed by atoms with Crippen LogP contribution in [0.4, 0.5) is 0 Å². The van der Waals surface area contributed by atoms with Gasteiger partial charge in [-0.2, -0.15) is 0 Å². The van der Waals surface area contributed by atoms with Crippen molar-refractivity contribution in [2.75, 3.05) is 0 Å². The average Bonchev–Trinajstić information content (AvgIpc) is 2.82. The normalized spacial score (nSPS) is 26.5. The molecule has 1 atom stereocenters. The van der Waals surface area contributed by atoms with Crippen LogP contribution in [0.25, 0.3) is 0 Å². The summed E-state index contributed by atoms with van der Waals surface area (Å²) in [5.41, 5.74) is 3.26. The SMILES string of the molecule is c1ccc2c(c1)CCC(C1CCCC1)C2. The molecule has 1 aromatic rings. The average molecular weight is 200 g/mol. The van der Waals surface area contributed by atoms with Gasteiger partial charge in [0.15, 0.2) is 0 Å². The van der Waals surface area contributed by atoms with E-state index in [1.54, 1.807) is 11.1 Å². The van der Waals surface area contributed by atoms with Gasteiger partial charge < -0.3 is 0 Å². The van der Waals surface area contributed by atoms with Gasteiger partial charge in [-0.05, 0) is 42.2 Å². The molecule has 0 saturated heterocycles. The summed E-state index contributed by atoms with van der Waals surface area (Å²) < 4.78 is 0. The maximum atomic E-state index is 2.34. The van der Waals surface area contributed by atoms with Crippen LogP contribution in [-0.2, 0) is 12.8 Å². The Morgan fingerprint density at radius 2 is 1.53 bits per heavy atom. The van der Waals surface area contributed by atoms with Crippen molar-refractivity contribution in [2.24, 2.45) is 11.8 Å². The van der Waals surface area contributed by atoms with Crippen molar-refractivity contribution in [3.05, 3.63) is 35.4 Å². The molecule has 1 aromatic carbocycles. The summed E-state index contributed by atoms with van der Waals surface area (Å²) in [6, 6.07) is 9.06. The van der Waals surface area contributed by atoms with Crippen LogP contribution in [0.5, 0.6) is 0 Å². The maximum Gasteiger partial charge on any atom is -0.0245 e. The van der Waals surface area contributed by atoms with E-state index in [9.17, 15) is 0 Å². The van der Waals surface area contributed by atoms with E-state index in [0.717, 1.165) is 11.8 Å². The van der Waals surface area contributed by atoms with Crippen LogP contribution in [0.3, 0.4) is 0 Å². The Morgan fingerprint density at radius 3 is 2.33 bits per heavy atom. The fourth-order valence-corrected chi connectivity index (χ4v) is 3.56. The summed E-state index contributed by atoms with van der Waals surface area (Å²) in [7, 11) is 0. The van der Waals surface area contributed by atoms with Crippen molar-refractivity contribution in [1.82, 2.24) is 0 Å². The van der Waals surface area contributed by atoms with Crippen LogP contribution < -0.4 is 0 Å². The van der Waals surface area contributed by atoms with E-state index in [1.807, 2.05) is 0 Å². The lowest BCUT2D eigenvalue weighted by molar-refractivity contribution is 0.304. The van der Waals surface area contributed by atoms with Crippen LogP contribution in [0.1, 0.15) is 43.2 Å².